The number of likely N-dealkylation sites (tertiary alicyclic amines) is 1. The maximum absolute atomic E-state index is 13.0. The van der Waals surface area contributed by atoms with E-state index in [2.05, 4.69) is 11.4 Å². The van der Waals surface area contributed by atoms with Gasteiger partial charge in [0.05, 0.1) is 22.3 Å². The van der Waals surface area contributed by atoms with Gasteiger partial charge in [-0.2, -0.15) is 5.26 Å². The minimum absolute atomic E-state index is 0.0280. The Morgan fingerprint density at radius 1 is 1.03 bits per heavy atom. The standard InChI is InChI=1S/C23H22ClN3O2/c24-20-8-7-19(13-21(20)26-22(28)18-5-6-18)23(29)27-11-9-17(10-12-27)16-3-1-15(14-25)2-4-16/h1-4,7-8,13,17-18H,5-6,9-12H2,(H,26,28). The molecule has 2 aromatic carbocycles. The van der Waals surface area contributed by atoms with Gasteiger partial charge in [-0.05, 0) is 67.5 Å². The smallest absolute Gasteiger partial charge is 0.253 e. The maximum atomic E-state index is 13.0. The van der Waals surface area contributed by atoms with Crippen LogP contribution >= 0.6 is 11.6 Å². The number of carbonyl (C=O) groups is 2. The van der Waals surface area contributed by atoms with Crippen LogP contribution in [0, 0.1) is 17.2 Å². The predicted molar refractivity (Wildman–Crippen MR) is 112 cm³/mol. The number of nitrogens with one attached hydrogen (secondary N) is 1. The number of nitriles is 1. The number of halogens is 1. The zero-order valence-electron chi connectivity index (χ0n) is 16.0. The van der Waals surface area contributed by atoms with Gasteiger partial charge in [0.1, 0.15) is 0 Å². The molecular formula is C23H22ClN3O2. The van der Waals surface area contributed by atoms with Crippen molar-refractivity contribution in [1.82, 2.24) is 4.90 Å². The lowest BCUT2D eigenvalue weighted by Gasteiger charge is -2.32. The summed E-state index contributed by atoms with van der Waals surface area (Å²) in [5, 5.41) is 12.2. The first-order chi connectivity index (χ1) is 14.0. The minimum Gasteiger partial charge on any atom is -0.339 e. The van der Waals surface area contributed by atoms with E-state index in [-0.39, 0.29) is 17.7 Å². The summed E-state index contributed by atoms with van der Waals surface area (Å²) in [6.07, 6.45) is 3.60. The maximum Gasteiger partial charge on any atom is 0.253 e. The van der Waals surface area contributed by atoms with Gasteiger partial charge in [0.15, 0.2) is 0 Å². The third-order valence-corrected chi connectivity index (χ3v) is 6.04. The van der Waals surface area contributed by atoms with Crippen LogP contribution < -0.4 is 5.32 Å². The van der Waals surface area contributed by atoms with Crippen molar-refractivity contribution in [2.45, 2.75) is 31.6 Å². The van der Waals surface area contributed by atoms with Crippen LogP contribution in [0.25, 0.3) is 0 Å². The molecule has 0 unspecified atom stereocenters. The minimum atomic E-state index is -0.0399. The molecule has 2 aliphatic rings. The van der Waals surface area contributed by atoms with Crippen LogP contribution in [0.3, 0.4) is 0 Å². The summed E-state index contributed by atoms with van der Waals surface area (Å²) in [6.45, 7) is 1.35. The van der Waals surface area contributed by atoms with Crippen molar-refractivity contribution in [1.29, 1.82) is 5.26 Å². The van der Waals surface area contributed by atoms with E-state index in [1.54, 1.807) is 18.2 Å². The summed E-state index contributed by atoms with van der Waals surface area (Å²) >= 11 is 6.20. The van der Waals surface area contributed by atoms with Gasteiger partial charge < -0.3 is 10.2 Å². The number of anilines is 1. The molecule has 0 bridgehead atoms. The Labute approximate surface area is 175 Å². The summed E-state index contributed by atoms with van der Waals surface area (Å²) in [6, 6.07) is 14.9. The second-order valence-corrected chi connectivity index (χ2v) is 8.17. The van der Waals surface area contributed by atoms with E-state index in [1.807, 2.05) is 29.2 Å². The summed E-state index contributed by atoms with van der Waals surface area (Å²) in [5.41, 5.74) is 2.92. The van der Waals surface area contributed by atoms with Crippen LogP contribution in [0.15, 0.2) is 42.5 Å². The highest BCUT2D eigenvalue weighted by molar-refractivity contribution is 6.34. The number of hydrogen-bond donors (Lipinski definition) is 1. The largest absolute Gasteiger partial charge is 0.339 e. The Kier molecular flexibility index (Phi) is 5.55. The van der Waals surface area contributed by atoms with Gasteiger partial charge in [-0.3, -0.25) is 9.59 Å². The van der Waals surface area contributed by atoms with Gasteiger partial charge in [-0.15, -0.1) is 0 Å². The molecule has 1 heterocycles. The van der Waals surface area contributed by atoms with Crippen LogP contribution in [0.2, 0.25) is 5.02 Å². The average Bonchev–Trinajstić information content (AvgIpc) is 3.60. The topological polar surface area (TPSA) is 73.2 Å². The molecule has 4 rings (SSSR count). The zero-order chi connectivity index (χ0) is 20.4. The Morgan fingerprint density at radius 2 is 1.72 bits per heavy atom. The normalized spacial score (nSPS) is 16.9. The molecule has 0 atom stereocenters. The fraction of sp³-hybridized carbons (Fsp3) is 0.348. The van der Waals surface area contributed by atoms with Crippen molar-refractivity contribution in [3.05, 3.63) is 64.2 Å². The first-order valence-corrected chi connectivity index (χ1v) is 10.3. The lowest BCUT2D eigenvalue weighted by atomic mass is 9.89. The molecule has 5 nitrogen and oxygen atoms in total. The summed E-state index contributed by atoms with van der Waals surface area (Å²) < 4.78 is 0. The molecule has 2 aromatic rings. The van der Waals surface area contributed by atoms with Crippen molar-refractivity contribution in [3.63, 3.8) is 0 Å². The van der Waals surface area contributed by atoms with Gasteiger partial charge in [-0.1, -0.05) is 23.7 Å². The fourth-order valence-electron chi connectivity index (χ4n) is 3.76. The molecule has 1 saturated carbocycles. The highest BCUT2D eigenvalue weighted by Gasteiger charge is 2.30. The fourth-order valence-corrected chi connectivity index (χ4v) is 3.93. The molecule has 1 aliphatic heterocycles. The van der Waals surface area contributed by atoms with Crippen LogP contribution in [0.4, 0.5) is 5.69 Å². The van der Waals surface area contributed by atoms with Gasteiger partial charge in [-0.25, -0.2) is 0 Å². The van der Waals surface area contributed by atoms with Crippen molar-refractivity contribution in [3.8, 4) is 6.07 Å². The highest BCUT2D eigenvalue weighted by Crippen LogP contribution is 2.33. The van der Waals surface area contributed by atoms with Gasteiger partial charge >= 0.3 is 0 Å². The number of rotatable bonds is 4. The Hall–Kier alpha value is -2.84. The van der Waals surface area contributed by atoms with Gasteiger partial charge in [0, 0.05) is 24.6 Å². The monoisotopic (exact) mass is 407 g/mol. The van der Waals surface area contributed by atoms with E-state index in [1.165, 1.54) is 5.56 Å². The number of hydrogen-bond acceptors (Lipinski definition) is 3. The molecule has 6 heteroatoms. The van der Waals surface area contributed by atoms with Gasteiger partial charge in [0.25, 0.3) is 5.91 Å². The Balaban J connectivity index is 1.40. The molecule has 0 aromatic heterocycles. The average molecular weight is 408 g/mol. The molecule has 148 valence electrons. The third kappa shape index (κ3) is 4.44. The van der Waals surface area contributed by atoms with Crippen LogP contribution in [-0.2, 0) is 4.79 Å². The van der Waals surface area contributed by atoms with E-state index in [9.17, 15) is 9.59 Å². The summed E-state index contributed by atoms with van der Waals surface area (Å²) in [5.74, 6) is 0.402. The van der Waals surface area contributed by atoms with Crippen molar-refractivity contribution in [2.75, 3.05) is 18.4 Å². The first-order valence-electron chi connectivity index (χ1n) is 9.95. The number of benzene rings is 2. The molecule has 0 spiro atoms. The molecule has 2 fully saturated rings. The molecule has 29 heavy (non-hydrogen) atoms. The molecule has 1 N–H and O–H groups in total. The first kappa shape index (κ1) is 19.5. The van der Waals surface area contributed by atoms with E-state index in [0.29, 0.717) is 40.8 Å². The van der Waals surface area contributed by atoms with E-state index in [4.69, 9.17) is 16.9 Å². The lowest BCUT2D eigenvalue weighted by Crippen LogP contribution is -2.38. The summed E-state index contributed by atoms with van der Waals surface area (Å²) in [4.78, 5) is 26.9. The molecule has 2 amide bonds. The number of nitrogens with zero attached hydrogens (tertiary/aromatic N) is 2. The molecule has 1 saturated heterocycles. The van der Waals surface area contributed by atoms with Crippen LogP contribution in [0.5, 0.6) is 0 Å². The van der Waals surface area contributed by atoms with Crippen molar-refractivity contribution in [2.24, 2.45) is 5.92 Å². The van der Waals surface area contributed by atoms with Crippen molar-refractivity contribution >= 4 is 29.1 Å². The Morgan fingerprint density at radius 3 is 2.34 bits per heavy atom. The Bertz CT molecular complexity index is 969. The quantitative estimate of drug-likeness (QED) is 0.806. The number of piperidine rings is 1. The molecule has 1 aliphatic carbocycles. The van der Waals surface area contributed by atoms with Gasteiger partial charge in [0.2, 0.25) is 5.91 Å². The van der Waals surface area contributed by atoms with E-state index >= 15 is 0 Å². The number of amides is 2. The predicted octanol–water partition coefficient (Wildman–Crippen LogP) is 4.58. The zero-order valence-corrected chi connectivity index (χ0v) is 16.8. The third-order valence-electron chi connectivity index (χ3n) is 5.71. The van der Waals surface area contributed by atoms with E-state index in [0.717, 1.165) is 25.7 Å². The van der Waals surface area contributed by atoms with Crippen LogP contribution in [-0.4, -0.2) is 29.8 Å². The molecule has 0 radical (unpaired) electrons. The second-order valence-electron chi connectivity index (χ2n) is 7.76. The van der Waals surface area contributed by atoms with Crippen molar-refractivity contribution < 1.29 is 9.59 Å². The lowest BCUT2D eigenvalue weighted by molar-refractivity contribution is -0.117. The SMILES string of the molecule is N#Cc1ccc(C2CCN(C(=O)c3ccc(Cl)c(NC(=O)C4CC4)c3)CC2)cc1. The molecular weight excluding hydrogens is 386 g/mol. The number of carbonyl (C=O) groups excluding carboxylic acids is 2. The van der Waals surface area contributed by atoms with E-state index < -0.39 is 0 Å². The second kappa shape index (κ2) is 8.26. The summed E-state index contributed by atoms with van der Waals surface area (Å²) in [7, 11) is 0. The highest BCUT2D eigenvalue weighted by atomic mass is 35.5. The van der Waals surface area contributed by atoms with Crippen LogP contribution in [0.1, 0.15) is 53.1 Å².